The van der Waals surface area contributed by atoms with Crippen LogP contribution in [-0.2, 0) is 0 Å². The molecule has 1 aromatic rings. The minimum Gasteiger partial charge on any atom is -0.496 e. The lowest BCUT2D eigenvalue weighted by Gasteiger charge is -2.12. The number of rotatable bonds is 3. The van der Waals surface area contributed by atoms with E-state index in [-0.39, 0.29) is 12.4 Å². The van der Waals surface area contributed by atoms with Crippen LogP contribution >= 0.6 is 12.4 Å². The summed E-state index contributed by atoms with van der Waals surface area (Å²) in [5.74, 6) is 0.676. The molecule has 0 aliphatic carbocycles. The highest BCUT2D eigenvalue weighted by molar-refractivity contribution is 5.85. The van der Waals surface area contributed by atoms with Crippen LogP contribution < -0.4 is 10.5 Å². The number of methoxy groups -OCH3 is 1. The molecular formula is C10H14ClF2NO. The van der Waals surface area contributed by atoms with Gasteiger partial charge in [0.1, 0.15) is 5.75 Å². The Bertz CT molecular complexity index is 320. The molecule has 1 rings (SSSR count). The molecule has 1 atom stereocenters. The van der Waals surface area contributed by atoms with Crippen molar-refractivity contribution in [3.8, 4) is 5.75 Å². The normalized spacial score (nSPS) is 12.1. The Labute approximate surface area is 93.8 Å². The molecule has 0 unspecified atom stereocenters. The van der Waals surface area contributed by atoms with Gasteiger partial charge in [0, 0.05) is 0 Å². The molecule has 0 amide bonds. The average molecular weight is 238 g/mol. The van der Waals surface area contributed by atoms with Crippen molar-refractivity contribution in [3.63, 3.8) is 0 Å². The summed E-state index contributed by atoms with van der Waals surface area (Å²) < 4.78 is 29.6. The number of hydrogen-bond donors (Lipinski definition) is 1. The van der Waals surface area contributed by atoms with Crippen LogP contribution in [0.1, 0.15) is 17.2 Å². The molecule has 0 spiro atoms. The smallest absolute Gasteiger partial charge is 0.257 e. The van der Waals surface area contributed by atoms with E-state index in [0.29, 0.717) is 11.3 Å². The molecule has 0 saturated heterocycles. The van der Waals surface area contributed by atoms with Gasteiger partial charge < -0.3 is 10.5 Å². The van der Waals surface area contributed by atoms with Crippen molar-refractivity contribution in [2.75, 3.05) is 7.11 Å². The molecule has 0 fully saturated rings. The van der Waals surface area contributed by atoms with Gasteiger partial charge in [-0.15, -0.1) is 12.4 Å². The zero-order valence-corrected chi connectivity index (χ0v) is 9.35. The van der Waals surface area contributed by atoms with Crippen molar-refractivity contribution in [2.45, 2.75) is 19.4 Å². The zero-order valence-electron chi connectivity index (χ0n) is 8.54. The van der Waals surface area contributed by atoms with Crippen LogP contribution in [-0.4, -0.2) is 13.5 Å². The van der Waals surface area contributed by atoms with Gasteiger partial charge >= 0.3 is 0 Å². The van der Waals surface area contributed by atoms with E-state index in [1.54, 1.807) is 25.1 Å². The molecule has 0 aliphatic heterocycles. The van der Waals surface area contributed by atoms with Crippen molar-refractivity contribution >= 4 is 12.4 Å². The first-order valence-corrected chi connectivity index (χ1v) is 4.24. The van der Waals surface area contributed by atoms with E-state index in [1.165, 1.54) is 7.11 Å². The maximum atomic E-state index is 12.3. The minimum absolute atomic E-state index is 0. The summed E-state index contributed by atoms with van der Waals surface area (Å²) in [4.78, 5) is 0. The molecule has 0 aromatic heterocycles. The second-order valence-corrected chi connectivity index (χ2v) is 3.09. The number of hydrogen-bond acceptors (Lipinski definition) is 2. The van der Waals surface area contributed by atoms with Crippen LogP contribution in [0, 0.1) is 6.92 Å². The highest BCUT2D eigenvalue weighted by atomic mass is 35.5. The maximum Gasteiger partial charge on any atom is 0.257 e. The van der Waals surface area contributed by atoms with Gasteiger partial charge in [0.15, 0.2) is 0 Å². The second-order valence-electron chi connectivity index (χ2n) is 3.09. The van der Waals surface area contributed by atoms with Gasteiger partial charge in [-0.05, 0) is 24.1 Å². The summed E-state index contributed by atoms with van der Waals surface area (Å²) in [6.07, 6.45) is -2.54. The maximum absolute atomic E-state index is 12.3. The lowest BCUT2D eigenvalue weighted by molar-refractivity contribution is 0.116. The molecular weight excluding hydrogens is 224 g/mol. The van der Waals surface area contributed by atoms with Crippen LogP contribution in [0.5, 0.6) is 5.75 Å². The fourth-order valence-electron chi connectivity index (χ4n) is 1.25. The lowest BCUT2D eigenvalue weighted by atomic mass is 10.0. The molecule has 15 heavy (non-hydrogen) atoms. The highest BCUT2D eigenvalue weighted by Gasteiger charge is 2.17. The first-order valence-electron chi connectivity index (χ1n) is 4.24. The van der Waals surface area contributed by atoms with E-state index in [4.69, 9.17) is 10.5 Å². The molecule has 1 aromatic carbocycles. The Kier molecular flexibility index (Phi) is 5.54. The van der Waals surface area contributed by atoms with Crippen molar-refractivity contribution < 1.29 is 13.5 Å². The van der Waals surface area contributed by atoms with E-state index < -0.39 is 12.5 Å². The summed E-state index contributed by atoms with van der Waals surface area (Å²) >= 11 is 0. The predicted octanol–water partition coefficient (Wildman–Crippen LogP) is 2.69. The number of benzene rings is 1. The number of alkyl halides is 2. The summed E-state index contributed by atoms with van der Waals surface area (Å²) in [5.41, 5.74) is 6.54. The Morgan fingerprint density at radius 2 is 1.93 bits per heavy atom. The van der Waals surface area contributed by atoms with Crippen molar-refractivity contribution in [1.82, 2.24) is 0 Å². The number of aryl methyl sites for hydroxylation is 1. The van der Waals surface area contributed by atoms with E-state index in [2.05, 4.69) is 0 Å². The van der Waals surface area contributed by atoms with Crippen LogP contribution in [0.3, 0.4) is 0 Å². The largest absolute Gasteiger partial charge is 0.496 e. The van der Waals surface area contributed by atoms with Crippen LogP contribution in [0.2, 0.25) is 0 Å². The molecule has 0 heterocycles. The van der Waals surface area contributed by atoms with Crippen molar-refractivity contribution in [3.05, 3.63) is 29.3 Å². The summed E-state index contributed by atoms with van der Waals surface area (Å²) in [6, 6.07) is 3.60. The number of ether oxygens (including phenoxy) is 1. The topological polar surface area (TPSA) is 35.2 Å². The van der Waals surface area contributed by atoms with Crippen LogP contribution in [0.25, 0.3) is 0 Å². The Morgan fingerprint density at radius 1 is 1.33 bits per heavy atom. The molecule has 0 aliphatic rings. The molecule has 5 heteroatoms. The van der Waals surface area contributed by atoms with Crippen molar-refractivity contribution in [2.24, 2.45) is 5.73 Å². The monoisotopic (exact) mass is 237 g/mol. The predicted molar refractivity (Wildman–Crippen MR) is 57.9 cm³/mol. The third-order valence-corrected chi connectivity index (χ3v) is 2.08. The van der Waals surface area contributed by atoms with Gasteiger partial charge in [-0.2, -0.15) is 0 Å². The van der Waals surface area contributed by atoms with E-state index in [0.717, 1.165) is 5.56 Å². The quantitative estimate of drug-likeness (QED) is 0.877. The molecule has 0 bridgehead atoms. The average Bonchev–Trinajstić information content (AvgIpc) is 2.16. The Balaban J connectivity index is 0.00000196. The minimum atomic E-state index is -2.54. The van der Waals surface area contributed by atoms with E-state index >= 15 is 0 Å². The van der Waals surface area contributed by atoms with Gasteiger partial charge in [0.05, 0.1) is 13.2 Å². The van der Waals surface area contributed by atoms with Crippen LogP contribution in [0.15, 0.2) is 18.2 Å². The molecule has 0 saturated carbocycles. The Hall–Kier alpha value is -0.870. The highest BCUT2D eigenvalue weighted by Crippen LogP contribution is 2.24. The van der Waals surface area contributed by atoms with Gasteiger partial charge in [-0.1, -0.05) is 12.1 Å². The summed E-state index contributed by atoms with van der Waals surface area (Å²) in [6.45, 7) is 1.79. The van der Waals surface area contributed by atoms with Gasteiger partial charge in [0.2, 0.25) is 0 Å². The second kappa shape index (κ2) is 5.88. The molecule has 2 nitrogen and oxygen atoms in total. The SMILES string of the molecule is COc1ccc([C@H](N)C(F)F)cc1C.Cl. The standard InChI is InChI=1S/C10H13F2NO.ClH/c1-6-5-7(9(13)10(11)12)3-4-8(6)14-2;/h3-5,9-10H,13H2,1-2H3;1H/t9-;/m0./s1. The number of halogens is 3. The van der Waals surface area contributed by atoms with Gasteiger partial charge in [0.25, 0.3) is 6.43 Å². The summed E-state index contributed by atoms with van der Waals surface area (Å²) in [5, 5.41) is 0. The first-order chi connectivity index (χ1) is 6.56. The summed E-state index contributed by atoms with van der Waals surface area (Å²) in [7, 11) is 1.54. The van der Waals surface area contributed by atoms with E-state index in [1.807, 2.05) is 0 Å². The molecule has 0 radical (unpaired) electrons. The van der Waals surface area contributed by atoms with Crippen molar-refractivity contribution in [1.29, 1.82) is 0 Å². The fourth-order valence-corrected chi connectivity index (χ4v) is 1.25. The van der Waals surface area contributed by atoms with Gasteiger partial charge in [-0.25, -0.2) is 8.78 Å². The van der Waals surface area contributed by atoms with Gasteiger partial charge in [-0.3, -0.25) is 0 Å². The molecule has 86 valence electrons. The lowest BCUT2D eigenvalue weighted by Crippen LogP contribution is -2.18. The van der Waals surface area contributed by atoms with E-state index in [9.17, 15) is 8.78 Å². The third-order valence-electron chi connectivity index (χ3n) is 2.08. The Morgan fingerprint density at radius 3 is 2.33 bits per heavy atom. The first kappa shape index (κ1) is 14.1. The zero-order chi connectivity index (χ0) is 10.7. The number of nitrogens with two attached hydrogens (primary N) is 1. The third kappa shape index (κ3) is 3.32. The fraction of sp³-hybridized carbons (Fsp3) is 0.400. The molecule has 2 N–H and O–H groups in total. The van der Waals surface area contributed by atoms with Crippen LogP contribution in [0.4, 0.5) is 8.78 Å².